The number of benzene rings is 1. The van der Waals surface area contributed by atoms with Gasteiger partial charge in [0.15, 0.2) is 0 Å². The number of carboxylic acid groups (broad SMARTS) is 2. The molecular weight excluding hydrogens is 592 g/mol. The fraction of sp³-hybridized carbons (Fsp3) is 0.629. The monoisotopic (exact) mass is 644 g/mol. The SMILES string of the molecule is CCCCCCCCOC(=O)[C@@H]1C[C@@H]2CCC[C@@H]2N1C(=O)[C@H](C)N[C@@H](CCc1ccccc1)C(=O)OCC.O=C(O)/C=C\C(=O)O. The minimum absolute atomic E-state index is 0.0729. The molecule has 1 aromatic rings. The normalized spacial score (nSPS) is 19.9. The van der Waals surface area contributed by atoms with Gasteiger partial charge in [0.25, 0.3) is 0 Å². The predicted octanol–water partition coefficient (Wildman–Crippen LogP) is 4.91. The number of nitrogens with one attached hydrogen (secondary N) is 1. The molecule has 1 aliphatic heterocycles. The number of likely N-dealkylation sites (tertiary alicyclic amines) is 1. The minimum Gasteiger partial charge on any atom is -0.478 e. The lowest BCUT2D eigenvalue weighted by Gasteiger charge is -2.32. The highest BCUT2D eigenvalue weighted by molar-refractivity contribution is 5.90. The van der Waals surface area contributed by atoms with E-state index in [0.717, 1.165) is 37.7 Å². The summed E-state index contributed by atoms with van der Waals surface area (Å²) in [6.45, 7) is 6.47. The van der Waals surface area contributed by atoms with Crippen molar-refractivity contribution in [3.8, 4) is 0 Å². The van der Waals surface area contributed by atoms with Crippen LogP contribution in [0.4, 0.5) is 0 Å². The van der Waals surface area contributed by atoms with Crippen molar-refractivity contribution in [3.05, 3.63) is 48.0 Å². The number of hydrogen-bond donors (Lipinski definition) is 3. The highest BCUT2D eigenvalue weighted by atomic mass is 16.5. The number of carbonyl (C=O) groups is 5. The maximum Gasteiger partial charge on any atom is 0.328 e. The summed E-state index contributed by atoms with van der Waals surface area (Å²) in [5.74, 6) is -2.93. The third-order valence-corrected chi connectivity index (χ3v) is 8.43. The Kier molecular flexibility index (Phi) is 17.7. The first-order valence-electron chi connectivity index (χ1n) is 16.7. The first kappa shape index (κ1) is 38.5. The maximum atomic E-state index is 13.8. The number of carboxylic acids is 2. The van der Waals surface area contributed by atoms with Gasteiger partial charge in [0.1, 0.15) is 12.1 Å². The zero-order chi connectivity index (χ0) is 33.9. The van der Waals surface area contributed by atoms with Crippen LogP contribution in [0.3, 0.4) is 0 Å². The highest BCUT2D eigenvalue weighted by Gasteiger charge is 2.50. The van der Waals surface area contributed by atoms with E-state index in [1.807, 2.05) is 30.3 Å². The molecule has 1 amide bonds. The lowest BCUT2D eigenvalue weighted by atomic mass is 10.0. The van der Waals surface area contributed by atoms with Crippen LogP contribution < -0.4 is 5.32 Å². The van der Waals surface area contributed by atoms with Crippen LogP contribution in [-0.2, 0) is 39.9 Å². The molecule has 2 aliphatic rings. The molecule has 2 fully saturated rings. The number of hydrogen-bond acceptors (Lipinski definition) is 8. The van der Waals surface area contributed by atoms with Gasteiger partial charge in [-0.25, -0.2) is 14.4 Å². The zero-order valence-corrected chi connectivity index (χ0v) is 27.5. The molecule has 11 heteroatoms. The Morgan fingerprint density at radius 1 is 0.935 bits per heavy atom. The molecule has 256 valence electrons. The number of aliphatic carboxylic acids is 2. The average molecular weight is 645 g/mol. The molecule has 5 atom stereocenters. The fourth-order valence-electron chi connectivity index (χ4n) is 6.18. The van der Waals surface area contributed by atoms with Crippen LogP contribution in [0.2, 0.25) is 0 Å². The molecule has 0 spiro atoms. The van der Waals surface area contributed by atoms with Gasteiger partial charge in [-0.2, -0.15) is 0 Å². The molecule has 1 heterocycles. The van der Waals surface area contributed by atoms with E-state index in [1.54, 1.807) is 18.7 Å². The van der Waals surface area contributed by atoms with E-state index in [0.29, 0.717) is 43.9 Å². The van der Waals surface area contributed by atoms with Crippen molar-refractivity contribution in [2.24, 2.45) is 5.92 Å². The number of nitrogens with zero attached hydrogens (tertiary/aromatic N) is 1. The Hall–Kier alpha value is -3.73. The number of unbranched alkanes of at least 4 members (excludes halogenated alkanes) is 5. The van der Waals surface area contributed by atoms with Crippen LogP contribution in [0.5, 0.6) is 0 Å². The van der Waals surface area contributed by atoms with Crippen LogP contribution in [0.1, 0.15) is 97.0 Å². The number of esters is 2. The van der Waals surface area contributed by atoms with Gasteiger partial charge >= 0.3 is 23.9 Å². The molecule has 1 saturated heterocycles. The molecule has 0 radical (unpaired) electrons. The Bertz CT molecular complexity index is 1120. The van der Waals surface area contributed by atoms with Crippen molar-refractivity contribution >= 4 is 29.8 Å². The molecular formula is C35H52N2O9. The van der Waals surface area contributed by atoms with Gasteiger partial charge in [-0.1, -0.05) is 75.8 Å². The summed E-state index contributed by atoms with van der Waals surface area (Å²) in [5.41, 5.74) is 1.13. The van der Waals surface area contributed by atoms with Gasteiger partial charge in [0.05, 0.1) is 19.3 Å². The molecule has 0 bridgehead atoms. The zero-order valence-electron chi connectivity index (χ0n) is 27.5. The molecule has 3 rings (SSSR count). The topological polar surface area (TPSA) is 160 Å². The van der Waals surface area contributed by atoms with Crippen LogP contribution in [-0.4, -0.2) is 82.3 Å². The smallest absolute Gasteiger partial charge is 0.328 e. The quantitative estimate of drug-likeness (QED) is 0.114. The van der Waals surface area contributed by atoms with E-state index >= 15 is 0 Å². The second-order valence-corrected chi connectivity index (χ2v) is 11.9. The molecule has 1 saturated carbocycles. The number of amides is 1. The van der Waals surface area contributed by atoms with Gasteiger partial charge < -0.3 is 24.6 Å². The van der Waals surface area contributed by atoms with Gasteiger partial charge in [-0.3, -0.25) is 14.9 Å². The number of fused-ring (bicyclic) bond motifs is 1. The molecule has 1 aliphatic carbocycles. The van der Waals surface area contributed by atoms with Crippen LogP contribution in [0.25, 0.3) is 0 Å². The van der Waals surface area contributed by atoms with Gasteiger partial charge in [0, 0.05) is 18.2 Å². The predicted molar refractivity (Wildman–Crippen MR) is 173 cm³/mol. The Morgan fingerprint density at radius 3 is 2.22 bits per heavy atom. The van der Waals surface area contributed by atoms with E-state index in [2.05, 4.69) is 12.2 Å². The number of carbonyl (C=O) groups excluding carboxylic acids is 3. The summed E-state index contributed by atoms with van der Waals surface area (Å²) < 4.78 is 11.0. The van der Waals surface area contributed by atoms with E-state index in [-0.39, 0.29) is 30.5 Å². The lowest BCUT2D eigenvalue weighted by molar-refractivity contribution is -0.156. The summed E-state index contributed by atoms with van der Waals surface area (Å²) >= 11 is 0. The fourth-order valence-corrected chi connectivity index (χ4v) is 6.18. The molecule has 3 N–H and O–H groups in total. The van der Waals surface area contributed by atoms with Crippen LogP contribution >= 0.6 is 0 Å². The van der Waals surface area contributed by atoms with Crippen LogP contribution in [0.15, 0.2) is 42.5 Å². The van der Waals surface area contributed by atoms with Crippen molar-refractivity contribution in [2.45, 2.75) is 122 Å². The standard InChI is InChI=1S/C31H48N2O5.C4H4O4/c1-4-6-7-8-9-13-21-38-31(36)28-22-25-17-14-18-27(25)33(28)29(34)23(3)32-26(30(35)37-5-2)20-19-24-15-11-10-12-16-24;5-3(6)1-2-4(7)8/h10-12,15-16,23,25-28,32H,4-9,13-14,17-22H2,1-3H3;1-2H,(H,5,6)(H,7,8)/b;2-1-/t23-,25-,26-,27-,28-;/m0./s1. The molecule has 0 unspecified atom stereocenters. The molecule has 1 aromatic carbocycles. The van der Waals surface area contributed by atoms with Crippen LogP contribution in [0, 0.1) is 5.92 Å². The third-order valence-electron chi connectivity index (χ3n) is 8.43. The minimum atomic E-state index is -1.26. The molecule has 46 heavy (non-hydrogen) atoms. The summed E-state index contributed by atoms with van der Waals surface area (Å²) in [5, 5.41) is 18.9. The van der Waals surface area contributed by atoms with Crippen molar-refractivity contribution < 1.29 is 43.7 Å². The van der Waals surface area contributed by atoms with E-state index < -0.39 is 30.1 Å². The van der Waals surface area contributed by atoms with Crippen molar-refractivity contribution in [1.29, 1.82) is 0 Å². The van der Waals surface area contributed by atoms with Gasteiger partial charge in [-0.05, 0) is 63.9 Å². The second kappa shape index (κ2) is 21.1. The first-order valence-corrected chi connectivity index (χ1v) is 16.7. The summed E-state index contributed by atoms with van der Waals surface area (Å²) in [6.07, 6.45) is 12.8. The second-order valence-electron chi connectivity index (χ2n) is 11.9. The van der Waals surface area contributed by atoms with Crippen molar-refractivity contribution in [1.82, 2.24) is 10.2 Å². The average Bonchev–Trinajstić information content (AvgIpc) is 3.64. The summed E-state index contributed by atoms with van der Waals surface area (Å²) in [7, 11) is 0. The van der Waals surface area contributed by atoms with Gasteiger partial charge in [0.2, 0.25) is 5.91 Å². The molecule has 0 aromatic heterocycles. The third kappa shape index (κ3) is 13.3. The van der Waals surface area contributed by atoms with Crippen molar-refractivity contribution in [2.75, 3.05) is 13.2 Å². The van der Waals surface area contributed by atoms with Crippen molar-refractivity contribution in [3.63, 3.8) is 0 Å². The highest BCUT2D eigenvalue weighted by Crippen LogP contribution is 2.42. The Labute approximate surface area is 272 Å². The number of rotatable bonds is 18. The van der Waals surface area contributed by atoms with E-state index in [1.165, 1.54) is 25.7 Å². The first-order chi connectivity index (χ1) is 22.1. The molecule has 11 nitrogen and oxygen atoms in total. The maximum absolute atomic E-state index is 13.8. The largest absolute Gasteiger partial charge is 0.478 e. The Morgan fingerprint density at radius 2 is 1.59 bits per heavy atom. The lowest BCUT2D eigenvalue weighted by Crippen LogP contribution is -2.55. The van der Waals surface area contributed by atoms with E-state index in [4.69, 9.17) is 19.7 Å². The number of ether oxygens (including phenoxy) is 2. The number of aryl methyl sites for hydroxylation is 1. The summed E-state index contributed by atoms with van der Waals surface area (Å²) in [4.78, 5) is 60.5. The van der Waals surface area contributed by atoms with Gasteiger partial charge in [-0.15, -0.1) is 0 Å². The Balaban J connectivity index is 0.000000812. The van der Waals surface area contributed by atoms with E-state index in [9.17, 15) is 24.0 Å². The summed E-state index contributed by atoms with van der Waals surface area (Å²) in [6, 6.07) is 8.30.